The Morgan fingerprint density at radius 1 is 1.20 bits per heavy atom. The first-order valence-electron chi connectivity index (χ1n) is 9.93. The van der Waals surface area contributed by atoms with Gasteiger partial charge in [-0.3, -0.25) is 19.0 Å². The van der Waals surface area contributed by atoms with E-state index in [1.165, 1.54) is 17.7 Å². The molecule has 0 N–H and O–H groups in total. The molecule has 2 heterocycles. The first-order chi connectivity index (χ1) is 14.5. The monoisotopic (exact) mass is 427 g/mol. The van der Waals surface area contributed by atoms with Gasteiger partial charge in [0.1, 0.15) is 4.83 Å². The molecule has 1 aromatic carbocycles. The number of aromatic nitrogens is 2. The van der Waals surface area contributed by atoms with Gasteiger partial charge in [-0.05, 0) is 31.9 Å². The van der Waals surface area contributed by atoms with E-state index in [1.807, 2.05) is 37.3 Å². The molecule has 0 atom stereocenters. The van der Waals surface area contributed by atoms with Crippen LogP contribution in [-0.4, -0.2) is 46.0 Å². The molecule has 3 rings (SSSR count). The molecule has 0 saturated carbocycles. The molecule has 0 aliphatic rings. The first kappa shape index (κ1) is 21.7. The van der Waals surface area contributed by atoms with E-state index < -0.39 is 0 Å². The van der Waals surface area contributed by atoms with Crippen LogP contribution in [0.3, 0.4) is 0 Å². The molecule has 8 heteroatoms. The highest BCUT2D eigenvalue weighted by molar-refractivity contribution is 7.20. The number of benzene rings is 1. The quantitative estimate of drug-likeness (QED) is 0.516. The van der Waals surface area contributed by atoms with Crippen LogP contribution >= 0.6 is 11.3 Å². The molecule has 0 aliphatic heterocycles. The maximum atomic E-state index is 13.1. The van der Waals surface area contributed by atoms with Crippen molar-refractivity contribution in [3.63, 3.8) is 0 Å². The minimum Gasteiger partial charge on any atom is -0.466 e. The van der Waals surface area contributed by atoms with Crippen molar-refractivity contribution in [3.8, 4) is 0 Å². The Morgan fingerprint density at radius 2 is 1.93 bits per heavy atom. The molecule has 2 aromatic heterocycles. The van der Waals surface area contributed by atoms with E-state index in [-0.39, 0.29) is 30.4 Å². The fourth-order valence-electron chi connectivity index (χ4n) is 3.26. The van der Waals surface area contributed by atoms with Crippen molar-refractivity contribution in [2.75, 3.05) is 19.7 Å². The standard InChI is InChI=1S/C22H25N3O4S/c1-4-24(12-11-17(26)29-5-2)22(28)19-15(3)18-20(30-19)23-14-25(21(18)27)13-16-9-7-6-8-10-16/h6-10,14H,4-5,11-13H2,1-3H3. The number of aryl methyl sites for hydroxylation is 1. The SMILES string of the molecule is CCOC(=O)CCN(CC)C(=O)c1sc2ncn(Cc3ccccc3)c(=O)c2c1C. The highest BCUT2D eigenvalue weighted by atomic mass is 32.1. The lowest BCUT2D eigenvalue weighted by atomic mass is 10.2. The van der Waals surface area contributed by atoms with E-state index in [4.69, 9.17) is 4.74 Å². The molecule has 3 aromatic rings. The lowest BCUT2D eigenvalue weighted by molar-refractivity contribution is -0.143. The fourth-order valence-corrected chi connectivity index (χ4v) is 4.37. The second-order valence-corrected chi connectivity index (χ2v) is 7.84. The maximum Gasteiger partial charge on any atom is 0.307 e. The number of hydrogen-bond donors (Lipinski definition) is 0. The Morgan fingerprint density at radius 3 is 2.60 bits per heavy atom. The molecule has 30 heavy (non-hydrogen) atoms. The fraction of sp³-hybridized carbons (Fsp3) is 0.364. The van der Waals surface area contributed by atoms with E-state index in [2.05, 4.69) is 4.98 Å². The normalized spacial score (nSPS) is 10.9. The van der Waals surface area contributed by atoms with Crippen LogP contribution in [0.15, 0.2) is 41.5 Å². The summed E-state index contributed by atoms with van der Waals surface area (Å²) in [4.78, 5) is 44.8. The second-order valence-electron chi connectivity index (χ2n) is 6.84. The van der Waals surface area contributed by atoms with Crippen LogP contribution in [-0.2, 0) is 16.1 Å². The molecule has 0 radical (unpaired) electrons. The number of fused-ring (bicyclic) bond motifs is 1. The minimum atomic E-state index is -0.331. The predicted octanol–water partition coefficient (Wildman–Crippen LogP) is 3.23. The van der Waals surface area contributed by atoms with E-state index in [0.717, 1.165) is 5.56 Å². The van der Waals surface area contributed by atoms with E-state index >= 15 is 0 Å². The summed E-state index contributed by atoms with van der Waals surface area (Å²) in [5, 5.41) is 0.475. The zero-order valence-corrected chi connectivity index (χ0v) is 18.2. The predicted molar refractivity (Wildman–Crippen MR) is 117 cm³/mol. The van der Waals surface area contributed by atoms with E-state index in [1.54, 1.807) is 23.3 Å². The summed E-state index contributed by atoms with van der Waals surface area (Å²) in [7, 11) is 0. The van der Waals surface area contributed by atoms with Gasteiger partial charge in [0.05, 0.1) is 36.2 Å². The molecular weight excluding hydrogens is 402 g/mol. The van der Waals surface area contributed by atoms with Gasteiger partial charge in [-0.1, -0.05) is 30.3 Å². The second kappa shape index (κ2) is 9.67. The molecule has 0 spiro atoms. The van der Waals surface area contributed by atoms with Gasteiger partial charge in [0.2, 0.25) is 0 Å². The number of ether oxygens (including phenoxy) is 1. The summed E-state index contributed by atoms with van der Waals surface area (Å²) in [5.41, 5.74) is 1.47. The van der Waals surface area contributed by atoms with Crippen LogP contribution in [0.5, 0.6) is 0 Å². The van der Waals surface area contributed by atoms with Crippen LogP contribution in [0, 0.1) is 6.92 Å². The number of rotatable bonds is 8. The zero-order valence-electron chi connectivity index (χ0n) is 17.4. The number of carbonyl (C=O) groups excluding carboxylic acids is 2. The van der Waals surface area contributed by atoms with Crippen LogP contribution in [0.1, 0.15) is 41.1 Å². The summed E-state index contributed by atoms with van der Waals surface area (Å²) in [6.45, 7) is 6.85. The lowest BCUT2D eigenvalue weighted by Gasteiger charge is -2.20. The molecule has 1 amide bonds. The van der Waals surface area contributed by atoms with Gasteiger partial charge < -0.3 is 9.64 Å². The smallest absolute Gasteiger partial charge is 0.307 e. The molecule has 0 bridgehead atoms. The third kappa shape index (κ3) is 4.59. The highest BCUT2D eigenvalue weighted by Crippen LogP contribution is 2.28. The first-order valence-corrected chi connectivity index (χ1v) is 10.7. The Balaban J connectivity index is 1.88. The van der Waals surface area contributed by atoms with Gasteiger partial charge in [-0.25, -0.2) is 4.98 Å². The van der Waals surface area contributed by atoms with Gasteiger partial charge in [0.15, 0.2) is 0 Å². The molecule has 0 aliphatic carbocycles. The molecule has 7 nitrogen and oxygen atoms in total. The average molecular weight is 428 g/mol. The molecule has 158 valence electrons. The Kier molecular flexibility index (Phi) is 6.99. The lowest BCUT2D eigenvalue weighted by Crippen LogP contribution is -2.33. The molecule has 0 fully saturated rings. The minimum absolute atomic E-state index is 0.138. The van der Waals surface area contributed by atoms with Gasteiger partial charge >= 0.3 is 5.97 Å². The largest absolute Gasteiger partial charge is 0.466 e. The van der Waals surface area contributed by atoms with Crippen molar-refractivity contribution in [3.05, 3.63) is 63.0 Å². The number of amides is 1. The van der Waals surface area contributed by atoms with Crippen molar-refractivity contribution in [1.82, 2.24) is 14.5 Å². The number of hydrogen-bond acceptors (Lipinski definition) is 6. The summed E-state index contributed by atoms with van der Waals surface area (Å²) >= 11 is 1.22. The van der Waals surface area contributed by atoms with E-state index in [9.17, 15) is 14.4 Å². The van der Waals surface area contributed by atoms with E-state index in [0.29, 0.717) is 40.4 Å². The Labute approximate surface area is 178 Å². The zero-order chi connectivity index (χ0) is 21.7. The van der Waals surface area contributed by atoms with Gasteiger partial charge in [-0.2, -0.15) is 0 Å². The average Bonchev–Trinajstić information content (AvgIpc) is 3.08. The van der Waals surface area contributed by atoms with Crippen molar-refractivity contribution < 1.29 is 14.3 Å². The van der Waals surface area contributed by atoms with Crippen molar-refractivity contribution in [2.45, 2.75) is 33.7 Å². The van der Waals surface area contributed by atoms with Crippen LogP contribution in [0.4, 0.5) is 0 Å². The Hall–Kier alpha value is -3.00. The van der Waals surface area contributed by atoms with Crippen molar-refractivity contribution in [1.29, 1.82) is 0 Å². The maximum absolute atomic E-state index is 13.1. The van der Waals surface area contributed by atoms with Gasteiger partial charge in [0, 0.05) is 13.1 Å². The number of carbonyl (C=O) groups is 2. The number of thiophene rings is 1. The highest BCUT2D eigenvalue weighted by Gasteiger charge is 2.23. The molecule has 0 unspecified atom stereocenters. The third-order valence-corrected chi connectivity index (χ3v) is 6.06. The summed E-state index contributed by atoms with van der Waals surface area (Å²) in [5.74, 6) is -0.529. The van der Waals surface area contributed by atoms with Gasteiger partial charge in [0.25, 0.3) is 11.5 Å². The van der Waals surface area contributed by atoms with Crippen molar-refractivity contribution in [2.24, 2.45) is 0 Å². The number of nitrogens with zero attached hydrogens (tertiary/aromatic N) is 3. The van der Waals surface area contributed by atoms with Crippen LogP contribution in [0.25, 0.3) is 10.2 Å². The topological polar surface area (TPSA) is 81.5 Å². The van der Waals surface area contributed by atoms with Crippen molar-refractivity contribution >= 4 is 33.4 Å². The number of esters is 1. The summed E-state index contributed by atoms with van der Waals surface area (Å²) < 4.78 is 6.50. The Bertz CT molecular complexity index is 1100. The van der Waals surface area contributed by atoms with Crippen LogP contribution < -0.4 is 5.56 Å². The summed E-state index contributed by atoms with van der Waals surface area (Å²) in [6.07, 6.45) is 1.67. The molecule has 0 saturated heterocycles. The van der Waals surface area contributed by atoms with Gasteiger partial charge in [-0.15, -0.1) is 11.3 Å². The van der Waals surface area contributed by atoms with Crippen LogP contribution in [0.2, 0.25) is 0 Å². The third-order valence-electron chi connectivity index (χ3n) is 4.87. The summed E-state index contributed by atoms with van der Waals surface area (Å²) in [6, 6.07) is 9.68. The molecular formula is C22H25N3O4S.